The predicted octanol–water partition coefficient (Wildman–Crippen LogP) is 2.92. The fraction of sp³-hybridized carbons (Fsp3) is 0.182. The molecule has 0 heterocycles. The van der Waals surface area contributed by atoms with Crippen molar-refractivity contribution in [1.82, 2.24) is 0 Å². The van der Waals surface area contributed by atoms with Gasteiger partial charge in [0.1, 0.15) is 11.1 Å². The largest absolute Gasteiger partial charge is 0.477 e. The number of carbonyl (C=O) groups is 1. The summed E-state index contributed by atoms with van der Waals surface area (Å²) in [5, 5.41) is 8.43. The van der Waals surface area contributed by atoms with Crippen LogP contribution in [0.2, 0.25) is 0 Å². The van der Waals surface area contributed by atoms with Crippen LogP contribution in [0.4, 0.5) is 17.6 Å². The fourth-order valence-corrected chi connectivity index (χ4v) is 1.22. The van der Waals surface area contributed by atoms with Crippen LogP contribution in [0.3, 0.4) is 0 Å². The molecule has 0 radical (unpaired) electrons. The van der Waals surface area contributed by atoms with Crippen LogP contribution in [0.25, 0.3) is 0 Å². The second-order valence-electron chi connectivity index (χ2n) is 3.05. The third-order valence-electron chi connectivity index (χ3n) is 1.91. The highest BCUT2D eigenvalue weighted by Crippen LogP contribution is 2.23. The molecular formula is C11H5ClF4O2. The van der Waals surface area contributed by atoms with E-state index in [4.69, 9.17) is 16.7 Å². The van der Waals surface area contributed by atoms with Crippen molar-refractivity contribution in [3.05, 3.63) is 34.4 Å². The maximum absolute atomic E-state index is 13.3. The molecule has 1 N–H and O–H groups in total. The van der Waals surface area contributed by atoms with Crippen molar-refractivity contribution in [3.8, 4) is 11.8 Å². The Bertz CT molecular complexity index is 531. The smallest absolute Gasteiger partial charge is 0.341 e. The summed E-state index contributed by atoms with van der Waals surface area (Å²) in [7, 11) is 0. The SMILES string of the molecule is O=C(O)c1c(F)c(F)c(C#CCCCl)c(F)c1F. The first-order valence-electron chi connectivity index (χ1n) is 4.55. The zero-order chi connectivity index (χ0) is 13.9. The second-order valence-corrected chi connectivity index (χ2v) is 3.43. The van der Waals surface area contributed by atoms with Gasteiger partial charge in [-0.15, -0.1) is 11.6 Å². The fourth-order valence-electron chi connectivity index (χ4n) is 1.13. The van der Waals surface area contributed by atoms with E-state index in [1.807, 2.05) is 5.92 Å². The molecule has 2 nitrogen and oxygen atoms in total. The Morgan fingerprint density at radius 3 is 2.00 bits per heavy atom. The van der Waals surface area contributed by atoms with Crippen molar-refractivity contribution in [2.24, 2.45) is 0 Å². The molecule has 0 amide bonds. The van der Waals surface area contributed by atoms with Crippen molar-refractivity contribution in [2.75, 3.05) is 5.88 Å². The predicted molar refractivity (Wildman–Crippen MR) is 55.4 cm³/mol. The van der Waals surface area contributed by atoms with Gasteiger partial charge in [-0.25, -0.2) is 22.4 Å². The summed E-state index contributed by atoms with van der Waals surface area (Å²) in [6.07, 6.45) is 0.0599. The molecule has 0 unspecified atom stereocenters. The molecule has 1 aromatic carbocycles. The van der Waals surface area contributed by atoms with E-state index in [1.54, 1.807) is 0 Å². The molecule has 0 bridgehead atoms. The lowest BCUT2D eigenvalue weighted by molar-refractivity contribution is 0.0683. The van der Waals surface area contributed by atoms with Crippen LogP contribution in [0, 0.1) is 35.1 Å². The second kappa shape index (κ2) is 5.74. The summed E-state index contributed by atoms with van der Waals surface area (Å²) in [6.45, 7) is 0. The Morgan fingerprint density at radius 2 is 1.61 bits per heavy atom. The molecule has 0 aliphatic carbocycles. The van der Waals surface area contributed by atoms with Gasteiger partial charge < -0.3 is 5.11 Å². The normalized spacial score (nSPS) is 9.83. The molecule has 0 aliphatic heterocycles. The summed E-state index contributed by atoms with van der Waals surface area (Å²) in [5.41, 5.74) is -2.84. The maximum Gasteiger partial charge on any atom is 0.341 e. The Balaban J connectivity index is 3.50. The molecule has 7 heteroatoms. The number of alkyl halides is 1. The number of hydrogen-bond donors (Lipinski definition) is 1. The van der Waals surface area contributed by atoms with Gasteiger partial charge in [-0.1, -0.05) is 11.8 Å². The topological polar surface area (TPSA) is 37.3 Å². The van der Waals surface area contributed by atoms with E-state index in [-0.39, 0.29) is 12.3 Å². The number of benzene rings is 1. The number of carboxylic acid groups (broad SMARTS) is 1. The van der Waals surface area contributed by atoms with Gasteiger partial charge in [0.2, 0.25) is 0 Å². The summed E-state index contributed by atoms with van der Waals surface area (Å²) in [4.78, 5) is 10.5. The quantitative estimate of drug-likeness (QED) is 0.391. The van der Waals surface area contributed by atoms with E-state index < -0.39 is 40.4 Å². The van der Waals surface area contributed by atoms with E-state index in [0.717, 1.165) is 0 Å². The van der Waals surface area contributed by atoms with Crippen LogP contribution in [-0.2, 0) is 0 Å². The van der Waals surface area contributed by atoms with Crippen molar-refractivity contribution < 1.29 is 27.5 Å². The van der Waals surface area contributed by atoms with Gasteiger partial charge in [-0.2, -0.15) is 0 Å². The third kappa shape index (κ3) is 2.57. The lowest BCUT2D eigenvalue weighted by Crippen LogP contribution is -2.11. The molecule has 0 saturated carbocycles. The number of hydrogen-bond acceptors (Lipinski definition) is 1. The zero-order valence-electron chi connectivity index (χ0n) is 8.66. The minimum Gasteiger partial charge on any atom is -0.477 e. The van der Waals surface area contributed by atoms with Gasteiger partial charge in [0.15, 0.2) is 23.3 Å². The molecule has 96 valence electrons. The minimum absolute atomic E-state index is 0.0599. The van der Waals surface area contributed by atoms with Crippen LogP contribution < -0.4 is 0 Å². The zero-order valence-corrected chi connectivity index (χ0v) is 9.42. The number of carboxylic acids is 1. The monoisotopic (exact) mass is 280 g/mol. The van der Waals surface area contributed by atoms with E-state index in [2.05, 4.69) is 5.92 Å². The van der Waals surface area contributed by atoms with Crippen LogP contribution >= 0.6 is 11.6 Å². The lowest BCUT2D eigenvalue weighted by Gasteiger charge is -2.05. The van der Waals surface area contributed by atoms with Crippen LogP contribution in [0.1, 0.15) is 22.3 Å². The highest BCUT2D eigenvalue weighted by atomic mass is 35.5. The molecule has 0 atom stereocenters. The van der Waals surface area contributed by atoms with Gasteiger partial charge in [0, 0.05) is 12.3 Å². The number of halogens is 5. The molecule has 18 heavy (non-hydrogen) atoms. The third-order valence-corrected chi connectivity index (χ3v) is 2.10. The molecule has 0 aliphatic rings. The first-order valence-corrected chi connectivity index (χ1v) is 5.09. The van der Waals surface area contributed by atoms with Gasteiger partial charge in [0.25, 0.3) is 0 Å². The van der Waals surface area contributed by atoms with Gasteiger partial charge in [0.05, 0.1) is 0 Å². The van der Waals surface area contributed by atoms with Crippen LogP contribution in [-0.4, -0.2) is 17.0 Å². The number of aromatic carboxylic acids is 1. The average Bonchev–Trinajstić information content (AvgIpc) is 2.31. The first kappa shape index (κ1) is 14.3. The molecule has 0 fully saturated rings. The van der Waals surface area contributed by atoms with E-state index in [0.29, 0.717) is 0 Å². The molecule has 1 rings (SSSR count). The lowest BCUT2D eigenvalue weighted by atomic mass is 10.1. The Kier molecular flexibility index (Phi) is 4.56. The van der Waals surface area contributed by atoms with Gasteiger partial charge >= 0.3 is 5.97 Å². The van der Waals surface area contributed by atoms with E-state index >= 15 is 0 Å². The van der Waals surface area contributed by atoms with E-state index in [1.165, 1.54) is 0 Å². The van der Waals surface area contributed by atoms with Gasteiger partial charge in [-0.3, -0.25) is 0 Å². The Morgan fingerprint density at radius 1 is 1.11 bits per heavy atom. The standard InChI is InChI=1S/C11H5ClF4O2/c12-4-2-1-3-5-7(13)9(15)6(11(17)18)10(16)8(5)14/h2,4H2,(H,17,18). The molecule has 0 saturated heterocycles. The van der Waals surface area contributed by atoms with Crippen LogP contribution in [0.5, 0.6) is 0 Å². The average molecular weight is 281 g/mol. The van der Waals surface area contributed by atoms with Crippen molar-refractivity contribution in [1.29, 1.82) is 0 Å². The maximum atomic E-state index is 13.3. The molecule has 1 aromatic rings. The van der Waals surface area contributed by atoms with Crippen molar-refractivity contribution in [2.45, 2.75) is 6.42 Å². The van der Waals surface area contributed by atoms with Crippen molar-refractivity contribution in [3.63, 3.8) is 0 Å². The number of rotatable bonds is 2. The highest BCUT2D eigenvalue weighted by Gasteiger charge is 2.28. The summed E-state index contributed by atoms with van der Waals surface area (Å²) in [6, 6.07) is 0. The van der Waals surface area contributed by atoms with E-state index in [9.17, 15) is 22.4 Å². The molecule has 0 aromatic heterocycles. The van der Waals surface area contributed by atoms with Crippen molar-refractivity contribution >= 4 is 17.6 Å². The summed E-state index contributed by atoms with van der Waals surface area (Å²) in [5.74, 6) is -5.62. The molecule has 0 spiro atoms. The minimum atomic E-state index is -2.11. The summed E-state index contributed by atoms with van der Waals surface area (Å²) < 4.78 is 53.0. The Labute approximate surface area is 104 Å². The summed E-state index contributed by atoms with van der Waals surface area (Å²) >= 11 is 5.26. The van der Waals surface area contributed by atoms with Gasteiger partial charge in [-0.05, 0) is 0 Å². The van der Waals surface area contributed by atoms with Crippen LogP contribution in [0.15, 0.2) is 0 Å². The first-order chi connectivity index (χ1) is 8.41. The molecular weight excluding hydrogens is 276 g/mol. The highest BCUT2D eigenvalue weighted by molar-refractivity contribution is 6.18. The Hall–Kier alpha value is -1.74.